The molecule has 0 aliphatic rings. The second-order valence-corrected chi connectivity index (χ2v) is 3.88. The predicted octanol–water partition coefficient (Wildman–Crippen LogP) is 0.767. The second-order valence-electron chi connectivity index (χ2n) is 3.88. The summed E-state index contributed by atoms with van der Waals surface area (Å²) < 4.78 is 0. The van der Waals surface area contributed by atoms with Gasteiger partial charge in [0.2, 0.25) is 11.8 Å². The molecule has 0 heterocycles. The standard InChI is InChI=1S/C12H16N2O2/c1-8(9-5-3-2-4-6-9)10(12(14)16)7-11(13)15/h2-6,8,10H,7H2,1H3,(H2,13,15)(H2,14,16). The fourth-order valence-electron chi connectivity index (χ4n) is 1.73. The molecule has 1 aromatic rings. The normalized spacial score (nSPS) is 14.1. The van der Waals surface area contributed by atoms with Crippen molar-refractivity contribution in [2.75, 3.05) is 0 Å². The monoisotopic (exact) mass is 220 g/mol. The number of carbonyl (C=O) groups is 2. The van der Waals surface area contributed by atoms with Gasteiger partial charge in [0.05, 0.1) is 5.92 Å². The van der Waals surface area contributed by atoms with Crippen molar-refractivity contribution >= 4 is 11.8 Å². The molecule has 4 N–H and O–H groups in total. The Bertz CT molecular complexity index is 376. The molecule has 16 heavy (non-hydrogen) atoms. The molecule has 4 nitrogen and oxygen atoms in total. The maximum atomic E-state index is 11.3. The lowest BCUT2D eigenvalue weighted by Crippen LogP contribution is -2.31. The first-order valence-electron chi connectivity index (χ1n) is 5.15. The van der Waals surface area contributed by atoms with E-state index in [-0.39, 0.29) is 12.3 Å². The molecule has 1 rings (SSSR count). The van der Waals surface area contributed by atoms with Crippen LogP contribution in [0, 0.1) is 5.92 Å². The largest absolute Gasteiger partial charge is 0.370 e. The van der Waals surface area contributed by atoms with Crippen LogP contribution in [-0.2, 0) is 9.59 Å². The predicted molar refractivity (Wildman–Crippen MR) is 61.4 cm³/mol. The van der Waals surface area contributed by atoms with E-state index in [9.17, 15) is 9.59 Å². The zero-order valence-electron chi connectivity index (χ0n) is 9.22. The minimum Gasteiger partial charge on any atom is -0.370 e. The Hall–Kier alpha value is -1.84. The highest BCUT2D eigenvalue weighted by Crippen LogP contribution is 2.26. The Kier molecular flexibility index (Phi) is 4.05. The van der Waals surface area contributed by atoms with Crippen LogP contribution >= 0.6 is 0 Å². The van der Waals surface area contributed by atoms with Crippen LogP contribution in [-0.4, -0.2) is 11.8 Å². The van der Waals surface area contributed by atoms with Crippen LogP contribution in [0.1, 0.15) is 24.8 Å². The van der Waals surface area contributed by atoms with E-state index in [1.807, 2.05) is 37.3 Å². The number of amides is 2. The van der Waals surface area contributed by atoms with Crippen LogP contribution < -0.4 is 11.5 Å². The summed E-state index contributed by atoms with van der Waals surface area (Å²) in [5.74, 6) is -1.65. The minimum absolute atomic E-state index is 0.00854. The van der Waals surface area contributed by atoms with Crippen LogP contribution in [0.3, 0.4) is 0 Å². The first kappa shape index (κ1) is 12.2. The van der Waals surface area contributed by atoms with Crippen LogP contribution in [0.5, 0.6) is 0 Å². The van der Waals surface area contributed by atoms with Crippen LogP contribution in [0.15, 0.2) is 30.3 Å². The Morgan fingerprint density at radius 1 is 1.19 bits per heavy atom. The van der Waals surface area contributed by atoms with Gasteiger partial charge in [0, 0.05) is 6.42 Å². The molecule has 2 unspecified atom stereocenters. The quantitative estimate of drug-likeness (QED) is 0.767. The Morgan fingerprint density at radius 2 is 1.75 bits per heavy atom. The third-order valence-electron chi connectivity index (χ3n) is 2.72. The topological polar surface area (TPSA) is 86.2 Å². The van der Waals surface area contributed by atoms with Crippen LogP contribution in [0.2, 0.25) is 0 Å². The average molecular weight is 220 g/mol. The summed E-state index contributed by atoms with van der Waals surface area (Å²) in [7, 11) is 0. The summed E-state index contributed by atoms with van der Waals surface area (Å²) in [6.45, 7) is 1.87. The van der Waals surface area contributed by atoms with E-state index in [0.717, 1.165) is 5.56 Å². The molecule has 1 aromatic carbocycles. The maximum absolute atomic E-state index is 11.3. The van der Waals surface area contributed by atoms with E-state index >= 15 is 0 Å². The fourth-order valence-corrected chi connectivity index (χ4v) is 1.73. The van der Waals surface area contributed by atoms with Gasteiger partial charge in [-0.1, -0.05) is 37.3 Å². The SMILES string of the molecule is CC(c1ccccc1)C(CC(N)=O)C(N)=O. The van der Waals surface area contributed by atoms with Crippen LogP contribution in [0.25, 0.3) is 0 Å². The molecule has 0 spiro atoms. The Balaban J connectivity index is 2.87. The number of primary amides is 2. The van der Waals surface area contributed by atoms with Crippen molar-refractivity contribution in [1.29, 1.82) is 0 Å². The zero-order valence-corrected chi connectivity index (χ0v) is 9.22. The highest BCUT2D eigenvalue weighted by Gasteiger charge is 2.25. The summed E-state index contributed by atoms with van der Waals surface area (Å²) >= 11 is 0. The van der Waals surface area contributed by atoms with Crippen LogP contribution in [0.4, 0.5) is 0 Å². The molecule has 0 fully saturated rings. The third kappa shape index (κ3) is 3.08. The second kappa shape index (κ2) is 5.30. The first-order valence-corrected chi connectivity index (χ1v) is 5.15. The molecule has 0 radical (unpaired) electrons. The van der Waals surface area contributed by atoms with Crippen molar-refractivity contribution in [3.8, 4) is 0 Å². The van der Waals surface area contributed by atoms with E-state index in [1.54, 1.807) is 0 Å². The molecule has 0 aliphatic carbocycles. The van der Waals surface area contributed by atoms with Gasteiger partial charge in [-0.3, -0.25) is 9.59 Å². The maximum Gasteiger partial charge on any atom is 0.221 e. The van der Waals surface area contributed by atoms with Crippen molar-refractivity contribution in [3.63, 3.8) is 0 Å². The van der Waals surface area contributed by atoms with Gasteiger partial charge in [0.25, 0.3) is 0 Å². The van der Waals surface area contributed by atoms with E-state index in [0.29, 0.717) is 0 Å². The number of rotatable bonds is 5. The van der Waals surface area contributed by atoms with Crippen molar-refractivity contribution < 1.29 is 9.59 Å². The van der Waals surface area contributed by atoms with E-state index in [1.165, 1.54) is 0 Å². The lowest BCUT2D eigenvalue weighted by atomic mass is 9.85. The molecule has 86 valence electrons. The summed E-state index contributed by atoms with van der Waals surface area (Å²) in [4.78, 5) is 22.1. The van der Waals surface area contributed by atoms with Gasteiger partial charge in [0.15, 0.2) is 0 Å². The van der Waals surface area contributed by atoms with Crippen molar-refractivity contribution in [2.24, 2.45) is 17.4 Å². The summed E-state index contributed by atoms with van der Waals surface area (Å²) in [6.07, 6.45) is -0.00854. The van der Waals surface area contributed by atoms with E-state index in [4.69, 9.17) is 11.5 Å². The molecular weight excluding hydrogens is 204 g/mol. The molecule has 0 saturated heterocycles. The van der Waals surface area contributed by atoms with E-state index in [2.05, 4.69) is 0 Å². The lowest BCUT2D eigenvalue weighted by molar-refractivity contribution is -0.127. The molecule has 0 saturated carbocycles. The molecule has 4 heteroatoms. The van der Waals surface area contributed by atoms with Gasteiger partial charge < -0.3 is 11.5 Å². The summed E-state index contributed by atoms with van der Waals surface area (Å²) in [5, 5.41) is 0. The van der Waals surface area contributed by atoms with Crippen molar-refractivity contribution in [2.45, 2.75) is 19.3 Å². The fraction of sp³-hybridized carbons (Fsp3) is 0.333. The zero-order chi connectivity index (χ0) is 12.1. The van der Waals surface area contributed by atoms with Crippen molar-refractivity contribution in [1.82, 2.24) is 0 Å². The molecule has 0 bridgehead atoms. The number of hydrogen-bond acceptors (Lipinski definition) is 2. The lowest BCUT2D eigenvalue weighted by Gasteiger charge is -2.20. The Labute approximate surface area is 94.6 Å². The molecule has 0 aromatic heterocycles. The van der Waals surface area contributed by atoms with Gasteiger partial charge in [-0.15, -0.1) is 0 Å². The molecule has 0 aliphatic heterocycles. The van der Waals surface area contributed by atoms with Gasteiger partial charge in [-0.25, -0.2) is 0 Å². The van der Waals surface area contributed by atoms with Gasteiger partial charge >= 0.3 is 0 Å². The number of hydrogen-bond donors (Lipinski definition) is 2. The van der Waals surface area contributed by atoms with Gasteiger partial charge in [-0.05, 0) is 11.5 Å². The first-order chi connectivity index (χ1) is 7.52. The number of benzene rings is 1. The molecular formula is C12H16N2O2. The highest BCUT2D eigenvalue weighted by molar-refractivity contribution is 5.84. The summed E-state index contributed by atoms with van der Waals surface area (Å²) in [6, 6.07) is 9.47. The van der Waals surface area contributed by atoms with Crippen molar-refractivity contribution in [3.05, 3.63) is 35.9 Å². The number of nitrogens with two attached hydrogens (primary N) is 2. The highest BCUT2D eigenvalue weighted by atomic mass is 16.2. The number of carbonyl (C=O) groups excluding carboxylic acids is 2. The average Bonchev–Trinajstić information content (AvgIpc) is 2.25. The van der Waals surface area contributed by atoms with E-state index < -0.39 is 17.7 Å². The molecule has 2 amide bonds. The van der Waals surface area contributed by atoms with Gasteiger partial charge in [-0.2, -0.15) is 0 Å². The smallest absolute Gasteiger partial charge is 0.221 e. The minimum atomic E-state index is -0.542. The molecule has 2 atom stereocenters. The Morgan fingerprint density at radius 3 is 2.19 bits per heavy atom. The third-order valence-corrected chi connectivity index (χ3v) is 2.72. The van der Waals surface area contributed by atoms with Gasteiger partial charge in [0.1, 0.15) is 0 Å². The summed E-state index contributed by atoms with van der Waals surface area (Å²) in [5.41, 5.74) is 11.4.